The van der Waals surface area contributed by atoms with Crippen molar-refractivity contribution in [3.05, 3.63) is 34.3 Å². The zero-order valence-electron chi connectivity index (χ0n) is 11.5. The lowest BCUT2D eigenvalue weighted by Gasteiger charge is -2.08. The third kappa shape index (κ3) is 6.39. The molecule has 2 nitrogen and oxygen atoms in total. The molecular weight excluding hydrogens is 246 g/mol. The predicted molar refractivity (Wildman–Crippen MR) is 78.2 cm³/mol. The molecule has 1 aromatic rings. The van der Waals surface area contributed by atoms with Gasteiger partial charge in [0.1, 0.15) is 0 Å². The Balaban J connectivity index is 2.07. The fourth-order valence-corrected chi connectivity index (χ4v) is 1.96. The van der Waals surface area contributed by atoms with Gasteiger partial charge in [-0.1, -0.05) is 31.0 Å². The third-order valence-corrected chi connectivity index (χ3v) is 3.14. The standard InChI is InChI=1S/C15H24ClNO/c1-3-4-9-18-10-5-8-17-12-14-6-7-15(16)11-13(14)2/h6-7,11,17H,3-5,8-10,12H2,1-2H3. The third-order valence-electron chi connectivity index (χ3n) is 2.90. The second-order valence-corrected chi connectivity index (χ2v) is 5.00. The van der Waals surface area contributed by atoms with Gasteiger partial charge < -0.3 is 10.1 Å². The number of nitrogens with one attached hydrogen (secondary N) is 1. The van der Waals surface area contributed by atoms with Crippen LogP contribution < -0.4 is 5.32 Å². The zero-order valence-corrected chi connectivity index (χ0v) is 12.2. The van der Waals surface area contributed by atoms with Crippen molar-refractivity contribution in [1.29, 1.82) is 0 Å². The van der Waals surface area contributed by atoms with E-state index in [1.54, 1.807) is 0 Å². The molecular formula is C15H24ClNO. The van der Waals surface area contributed by atoms with Gasteiger partial charge in [0.25, 0.3) is 0 Å². The van der Waals surface area contributed by atoms with E-state index in [-0.39, 0.29) is 0 Å². The molecule has 18 heavy (non-hydrogen) atoms. The summed E-state index contributed by atoms with van der Waals surface area (Å²) in [5.41, 5.74) is 2.56. The average Bonchev–Trinajstić information content (AvgIpc) is 2.35. The first-order valence-electron chi connectivity index (χ1n) is 6.77. The van der Waals surface area contributed by atoms with Crippen LogP contribution in [0.1, 0.15) is 37.3 Å². The van der Waals surface area contributed by atoms with Crippen molar-refractivity contribution in [2.24, 2.45) is 0 Å². The molecule has 0 radical (unpaired) electrons. The highest BCUT2D eigenvalue weighted by molar-refractivity contribution is 6.30. The molecule has 0 amide bonds. The predicted octanol–water partition coefficient (Wildman–Crippen LogP) is 3.94. The van der Waals surface area contributed by atoms with Gasteiger partial charge in [0.2, 0.25) is 0 Å². The van der Waals surface area contributed by atoms with Gasteiger partial charge in [0, 0.05) is 24.8 Å². The lowest BCUT2D eigenvalue weighted by molar-refractivity contribution is 0.129. The number of rotatable bonds is 9. The summed E-state index contributed by atoms with van der Waals surface area (Å²) in [4.78, 5) is 0. The second kappa shape index (κ2) is 9.37. The van der Waals surface area contributed by atoms with Crippen LogP contribution >= 0.6 is 11.6 Å². The number of aryl methyl sites for hydroxylation is 1. The van der Waals surface area contributed by atoms with E-state index in [0.29, 0.717) is 0 Å². The molecule has 1 N–H and O–H groups in total. The van der Waals surface area contributed by atoms with Gasteiger partial charge in [-0.2, -0.15) is 0 Å². The summed E-state index contributed by atoms with van der Waals surface area (Å²) < 4.78 is 5.51. The summed E-state index contributed by atoms with van der Waals surface area (Å²) in [7, 11) is 0. The Bertz CT molecular complexity index is 341. The average molecular weight is 270 g/mol. The summed E-state index contributed by atoms with van der Waals surface area (Å²) in [6, 6.07) is 6.04. The highest BCUT2D eigenvalue weighted by Gasteiger charge is 1.98. The van der Waals surface area contributed by atoms with Gasteiger partial charge in [-0.25, -0.2) is 0 Å². The van der Waals surface area contributed by atoms with E-state index in [1.165, 1.54) is 17.5 Å². The maximum Gasteiger partial charge on any atom is 0.0478 e. The number of hydrogen-bond donors (Lipinski definition) is 1. The fraction of sp³-hybridized carbons (Fsp3) is 0.600. The first kappa shape index (κ1) is 15.5. The molecule has 0 aliphatic heterocycles. The maximum absolute atomic E-state index is 5.92. The quantitative estimate of drug-likeness (QED) is 0.686. The van der Waals surface area contributed by atoms with Crippen molar-refractivity contribution in [3.8, 4) is 0 Å². The molecule has 3 heteroatoms. The molecule has 102 valence electrons. The van der Waals surface area contributed by atoms with Gasteiger partial charge >= 0.3 is 0 Å². The molecule has 0 unspecified atom stereocenters. The normalized spacial score (nSPS) is 10.8. The van der Waals surface area contributed by atoms with Gasteiger partial charge in [-0.15, -0.1) is 0 Å². The minimum absolute atomic E-state index is 0.806. The summed E-state index contributed by atoms with van der Waals surface area (Å²) in [5.74, 6) is 0. The molecule has 0 spiro atoms. The smallest absolute Gasteiger partial charge is 0.0478 e. The van der Waals surface area contributed by atoms with E-state index in [9.17, 15) is 0 Å². The SMILES string of the molecule is CCCCOCCCNCc1ccc(Cl)cc1C. The van der Waals surface area contributed by atoms with Gasteiger partial charge in [0.15, 0.2) is 0 Å². The molecule has 0 heterocycles. The highest BCUT2D eigenvalue weighted by Crippen LogP contribution is 2.14. The minimum Gasteiger partial charge on any atom is -0.381 e. The van der Waals surface area contributed by atoms with Crippen molar-refractivity contribution < 1.29 is 4.74 Å². The monoisotopic (exact) mass is 269 g/mol. The van der Waals surface area contributed by atoms with Crippen LogP contribution in [0.25, 0.3) is 0 Å². The molecule has 0 aromatic heterocycles. The largest absolute Gasteiger partial charge is 0.381 e. The Hall–Kier alpha value is -0.570. The number of unbranched alkanes of at least 4 members (excludes halogenated alkanes) is 1. The van der Waals surface area contributed by atoms with E-state index in [2.05, 4.69) is 25.2 Å². The highest BCUT2D eigenvalue weighted by atomic mass is 35.5. The fourth-order valence-electron chi connectivity index (χ4n) is 1.73. The van der Waals surface area contributed by atoms with Crippen LogP contribution in [0.5, 0.6) is 0 Å². The van der Waals surface area contributed by atoms with Crippen molar-refractivity contribution in [3.63, 3.8) is 0 Å². The molecule has 0 bridgehead atoms. The van der Waals surface area contributed by atoms with Crippen LogP contribution in [0.4, 0.5) is 0 Å². The molecule has 1 aromatic carbocycles. The summed E-state index contributed by atoms with van der Waals surface area (Å²) >= 11 is 5.92. The van der Waals surface area contributed by atoms with E-state index < -0.39 is 0 Å². The lowest BCUT2D eigenvalue weighted by Crippen LogP contribution is -2.17. The molecule has 0 saturated carbocycles. The van der Waals surface area contributed by atoms with Gasteiger partial charge in [-0.3, -0.25) is 0 Å². The van der Waals surface area contributed by atoms with E-state index in [0.717, 1.165) is 44.2 Å². The molecule has 0 atom stereocenters. The van der Waals surface area contributed by atoms with Crippen LogP contribution in [0.3, 0.4) is 0 Å². The molecule has 0 aliphatic rings. The van der Waals surface area contributed by atoms with Gasteiger partial charge in [-0.05, 0) is 49.6 Å². The number of halogens is 1. The Morgan fingerprint density at radius 2 is 2.00 bits per heavy atom. The minimum atomic E-state index is 0.806. The number of benzene rings is 1. The first-order valence-corrected chi connectivity index (χ1v) is 7.15. The Morgan fingerprint density at radius 3 is 2.72 bits per heavy atom. The molecule has 0 saturated heterocycles. The van der Waals surface area contributed by atoms with Crippen LogP contribution in [0, 0.1) is 6.92 Å². The molecule has 0 fully saturated rings. The van der Waals surface area contributed by atoms with Crippen LogP contribution in [-0.2, 0) is 11.3 Å². The summed E-state index contributed by atoms with van der Waals surface area (Å²) in [6.45, 7) is 7.92. The van der Waals surface area contributed by atoms with Crippen molar-refractivity contribution in [1.82, 2.24) is 5.32 Å². The lowest BCUT2D eigenvalue weighted by atomic mass is 10.1. The molecule has 1 rings (SSSR count). The Labute approximate surface area is 116 Å². The van der Waals surface area contributed by atoms with Crippen LogP contribution in [0.15, 0.2) is 18.2 Å². The Kier molecular flexibility index (Phi) is 8.06. The van der Waals surface area contributed by atoms with Crippen molar-refractivity contribution in [2.45, 2.75) is 39.7 Å². The van der Waals surface area contributed by atoms with E-state index >= 15 is 0 Å². The summed E-state index contributed by atoms with van der Waals surface area (Å²) in [6.07, 6.45) is 3.43. The topological polar surface area (TPSA) is 21.3 Å². The first-order chi connectivity index (χ1) is 8.74. The van der Waals surface area contributed by atoms with E-state index in [1.807, 2.05) is 12.1 Å². The Morgan fingerprint density at radius 1 is 1.22 bits per heavy atom. The van der Waals surface area contributed by atoms with Crippen LogP contribution in [-0.4, -0.2) is 19.8 Å². The number of ether oxygens (including phenoxy) is 1. The van der Waals surface area contributed by atoms with Crippen molar-refractivity contribution >= 4 is 11.6 Å². The van der Waals surface area contributed by atoms with Crippen LogP contribution in [0.2, 0.25) is 5.02 Å². The van der Waals surface area contributed by atoms with E-state index in [4.69, 9.17) is 16.3 Å². The number of hydrogen-bond acceptors (Lipinski definition) is 2. The second-order valence-electron chi connectivity index (χ2n) is 4.57. The molecule has 0 aliphatic carbocycles. The van der Waals surface area contributed by atoms with Crippen molar-refractivity contribution in [2.75, 3.05) is 19.8 Å². The zero-order chi connectivity index (χ0) is 13.2. The van der Waals surface area contributed by atoms with Gasteiger partial charge in [0.05, 0.1) is 0 Å². The maximum atomic E-state index is 5.92. The summed E-state index contributed by atoms with van der Waals surface area (Å²) in [5, 5.41) is 4.24.